The third-order valence-corrected chi connectivity index (χ3v) is 4.28. The normalized spacial score (nSPS) is 12.1. The highest BCUT2D eigenvalue weighted by atomic mass is 127. The van der Waals surface area contributed by atoms with E-state index < -0.39 is 0 Å². The van der Waals surface area contributed by atoms with Gasteiger partial charge in [-0.25, -0.2) is 0 Å². The van der Waals surface area contributed by atoms with E-state index in [9.17, 15) is 9.90 Å². The molecule has 1 heterocycles. The van der Waals surface area contributed by atoms with Gasteiger partial charge in [0.25, 0.3) is 5.91 Å². The number of aliphatic imine (C=N–C) groups is 1. The Morgan fingerprint density at radius 2 is 1.77 bits per heavy atom. The van der Waals surface area contributed by atoms with Crippen LogP contribution in [0.1, 0.15) is 22.8 Å². The lowest BCUT2D eigenvalue weighted by Gasteiger charge is -2.12. The first-order chi connectivity index (χ1) is 14.2. The maximum Gasteiger partial charge on any atom is 0.251 e. The summed E-state index contributed by atoms with van der Waals surface area (Å²) in [6, 6.07) is 12.1. The smallest absolute Gasteiger partial charge is 0.251 e. The van der Waals surface area contributed by atoms with E-state index in [1.165, 1.54) is 12.1 Å². The summed E-state index contributed by atoms with van der Waals surface area (Å²) in [6.07, 6.45) is 0.783. The zero-order valence-electron chi connectivity index (χ0n) is 16.8. The lowest BCUT2D eigenvalue weighted by atomic mass is 10.1. The maximum atomic E-state index is 12.1. The molecule has 2 aromatic carbocycles. The fourth-order valence-electron chi connectivity index (χ4n) is 2.81. The molecule has 0 unspecified atom stereocenters. The Balaban J connectivity index is 0.00000320. The van der Waals surface area contributed by atoms with E-state index in [4.69, 9.17) is 9.47 Å². The Labute approximate surface area is 193 Å². The summed E-state index contributed by atoms with van der Waals surface area (Å²) in [5.74, 6) is 2.21. The predicted octanol–water partition coefficient (Wildman–Crippen LogP) is 2.27. The van der Waals surface area contributed by atoms with E-state index in [1.807, 2.05) is 25.1 Å². The number of hydrogen-bond donors (Lipinski definition) is 4. The number of aromatic hydroxyl groups is 1. The molecular formula is C21H27IN4O4. The lowest BCUT2D eigenvalue weighted by molar-refractivity contribution is 0.0954. The molecule has 0 saturated carbocycles. The van der Waals surface area contributed by atoms with Gasteiger partial charge in [-0.3, -0.25) is 9.79 Å². The molecule has 0 aliphatic carbocycles. The van der Waals surface area contributed by atoms with Crippen molar-refractivity contribution in [2.45, 2.75) is 13.3 Å². The van der Waals surface area contributed by atoms with Crippen LogP contribution >= 0.6 is 24.0 Å². The van der Waals surface area contributed by atoms with Gasteiger partial charge < -0.3 is 30.5 Å². The molecule has 0 bridgehead atoms. The quantitative estimate of drug-likeness (QED) is 0.182. The zero-order chi connectivity index (χ0) is 20.5. The summed E-state index contributed by atoms with van der Waals surface area (Å²) in [5, 5.41) is 18.5. The minimum absolute atomic E-state index is 0. The van der Waals surface area contributed by atoms with E-state index in [2.05, 4.69) is 20.9 Å². The number of fused-ring (bicyclic) bond motifs is 1. The minimum Gasteiger partial charge on any atom is -0.508 e. The Kier molecular flexibility index (Phi) is 9.52. The molecule has 1 amide bonds. The monoisotopic (exact) mass is 526 g/mol. The van der Waals surface area contributed by atoms with Crippen molar-refractivity contribution in [3.05, 3.63) is 53.6 Å². The molecule has 2 aromatic rings. The highest BCUT2D eigenvalue weighted by Crippen LogP contribution is 2.32. The van der Waals surface area contributed by atoms with Crippen LogP contribution in [0.3, 0.4) is 0 Å². The fourth-order valence-corrected chi connectivity index (χ4v) is 2.81. The molecule has 0 aromatic heterocycles. The van der Waals surface area contributed by atoms with Gasteiger partial charge in [0.15, 0.2) is 17.5 Å². The molecular weight excluding hydrogens is 499 g/mol. The summed E-state index contributed by atoms with van der Waals surface area (Å²) in [7, 11) is 0. The van der Waals surface area contributed by atoms with Crippen LogP contribution in [0.2, 0.25) is 0 Å². The highest BCUT2D eigenvalue weighted by molar-refractivity contribution is 14.0. The molecule has 0 radical (unpaired) electrons. The molecule has 1 aliphatic heterocycles. The van der Waals surface area contributed by atoms with Crippen LogP contribution < -0.4 is 25.4 Å². The second kappa shape index (κ2) is 12.1. The number of phenolic OH excluding ortho intramolecular Hbond substituents is 1. The number of nitrogens with one attached hydrogen (secondary N) is 3. The number of carbonyl (C=O) groups is 1. The van der Waals surface area contributed by atoms with E-state index >= 15 is 0 Å². The molecule has 3 rings (SSSR count). The third kappa shape index (κ3) is 6.97. The summed E-state index contributed by atoms with van der Waals surface area (Å²) >= 11 is 0. The summed E-state index contributed by atoms with van der Waals surface area (Å²) < 4.78 is 10.7. The van der Waals surface area contributed by atoms with Crippen LogP contribution in [0, 0.1) is 0 Å². The Bertz CT molecular complexity index is 859. The first-order valence-electron chi connectivity index (χ1n) is 9.63. The van der Waals surface area contributed by atoms with Crippen molar-refractivity contribution in [1.29, 1.82) is 0 Å². The van der Waals surface area contributed by atoms with Crippen LogP contribution in [0.4, 0.5) is 0 Å². The van der Waals surface area contributed by atoms with Gasteiger partial charge in [-0.2, -0.15) is 0 Å². The van der Waals surface area contributed by atoms with Gasteiger partial charge in [0.1, 0.15) is 5.75 Å². The highest BCUT2D eigenvalue weighted by Gasteiger charge is 2.12. The standard InChI is InChI=1S/C21H26N4O4.HI/c1-2-22-21(24-10-9-15-3-8-18-19(13-15)29-14-28-18)25-12-11-23-20(27)16-4-6-17(26)7-5-16;/h3-8,13,26H,2,9-12,14H2,1H3,(H,23,27)(H2,22,24,25);1H. The molecule has 0 fully saturated rings. The van der Waals surface area contributed by atoms with Crippen molar-refractivity contribution in [1.82, 2.24) is 16.0 Å². The van der Waals surface area contributed by atoms with Crippen molar-refractivity contribution in [2.75, 3.05) is 33.0 Å². The second-order valence-electron chi connectivity index (χ2n) is 6.43. The average molecular weight is 526 g/mol. The first-order valence-corrected chi connectivity index (χ1v) is 9.63. The Hall–Kier alpha value is -2.69. The Morgan fingerprint density at radius 3 is 2.53 bits per heavy atom. The van der Waals surface area contributed by atoms with Crippen LogP contribution in [0.25, 0.3) is 0 Å². The van der Waals surface area contributed by atoms with Crippen LogP contribution in [0.5, 0.6) is 17.2 Å². The van der Waals surface area contributed by atoms with Crippen LogP contribution in [-0.2, 0) is 6.42 Å². The molecule has 0 spiro atoms. The van der Waals surface area contributed by atoms with Gasteiger partial charge in [-0.1, -0.05) is 6.07 Å². The van der Waals surface area contributed by atoms with Crippen molar-refractivity contribution < 1.29 is 19.4 Å². The molecule has 1 aliphatic rings. The zero-order valence-corrected chi connectivity index (χ0v) is 19.1. The van der Waals surface area contributed by atoms with Gasteiger partial charge >= 0.3 is 0 Å². The van der Waals surface area contributed by atoms with Gasteiger partial charge in [-0.15, -0.1) is 24.0 Å². The average Bonchev–Trinajstić information content (AvgIpc) is 3.19. The van der Waals surface area contributed by atoms with Gasteiger partial charge in [0.2, 0.25) is 6.79 Å². The van der Waals surface area contributed by atoms with Crippen molar-refractivity contribution in [3.8, 4) is 17.2 Å². The van der Waals surface area contributed by atoms with Crippen molar-refractivity contribution in [2.24, 2.45) is 4.99 Å². The van der Waals surface area contributed by atoms with Gasteiger partial charge in [-0.05, 0) is 55.3 Å². The van der Waals surface area contributed by atoms with Crippen LogP contribution in [0.15, 0.2) is 47.5 Å². The number of phenols is 1. The molecule has 0 saturated heterocycles. The topological polar surface area (TPSA) is 104 Å². The van der Waals surface area contributed by atoms with E-state index in [0.29, 0.717) is 31.2 Å². The van der Waals surface area contributed by atoms with E-state index in [-0.39, 0.29) is 42.4 Å². The van der Waals surface area contributed by atoms with E-state index in [1.54, 1.807) is 12.1 Å². The second-order valence-corrected chi connectivity index (χ2v) is 6.43. The summed E-state index contributed by atoms with van der Waals surface area (Å²) in [4.78, 5) is 16.6. The number of ether oxygens (including phenoxy) is 2. The lowest BCUT2D eigenvalue weighted by Crippen LogP contribution is -2.41. The minimum atomic E-state index is -0.184. The predicted molar refractivity (Wildman–Crippen MR) is 126 cm³/mol. The molecule has 8 nitrogen and oxygen atoms in total. The number of hydrogen-bond acceptors (Lipinski definition) is 5. The molecule has 9 heteroatoms. The SMILES string of the molecule is CCNC(=NCCc1ccc2c(c1)OCO2)NCCNC(=O)c1ccc(O)cc1.I. The number of halogens is 1. The summed E-state index contributed by atoms with van der Waals surface area (Å²) in [5.41, 5.74) is 1.64. The molecule has 162 valence electrons. The number of benzene rings is 2. The van der Waals surface area contributed by atoms with Crippen LogP contribution in [-0.4, -0.2) is 49.9 Å². The number of guanidine groups is 1. The van der Waals surface area contributed by atoms with Gasteiger partial charge in [0, 0.05) is 31.7 Å². The van der Waals surface area contributed by atoms with Crippen molar-refractivity contribution >= 4 is 35.8 Å². The van der Waals surface area contributed by atoms with E-state index in [0.717, 1.165) is 30.0 Å². The van der Waals surface area contributed by atoms with Gasteiger partial charge in [0.05, 0.1) is 0 Å². The number of carbonyl (C=O) groups excluding carboxylic acids is 1. The molecule has 30 heavy (non-hydrogen) atoms. The van der Waals surface area contributed by atoms with Crippen molar-refractivity contribution in [3.63, 3.8) is 0 Å². The maximum absolute atomic E-state index is 12.1. The largest absolute Gasteiger partial charge is 0.508 e. The summed E-state index contributed by atoms with van der Waals surface area (Å²) in [6.45, 7) is 4.63. The number of rotatable bonds is 8. The fraction of sp³-hybridized carbons (Fsp3) is 0.333. The molecule has 4 N–H and O–H groups in total. The Morgan fingerprint density at radius 1 is 1.03 bits per heavy atom. The third-order valence-electron chi connectivity index (χ3n) is 4.28. The number of nitrogens with zero attached hydrogens (tertiary/aromatic N) is 1. The number of amides is 1. The molecule has 0 atom stereocenters. The first kappa shape index (κ1) is 23.6.